The maximum Gasteiger partial charge on any atom is 0.261 e. The topological polar surface area (TPSA) is 91.2 Å². The second-order valence-electron chi connectivity index (χ2n) is 7.18. The molecule has 1 atom stereocenters. The number of carbonyl (C=O) groups excluding carboxylic acids is 1. The van der Waals surface area contributed by atoms with Gasteiger partial charge in [0.25, 0.3) is 11.5 Å². The van der Waals surface area contributed by atoms with Crippen molar-refractivity contribution >= 4 is 18.3 Å². The number of pyridine rings is 2. The van der Waals surface area contributed by atoms with E-state index in [1.165, 1.54) is 0 Å². The van der Waals surface area contributed by atoms with Crippen LogP contribution >= 0.6 is 12.4 Å². The van der Waals surface area contributed by atoms with Gasteiger partial charge in [-0.05, 0) is 68.8 Å². The molecule has 0 radical (unpaired) electrons. The van der Waals surface area contributed by atoms with Crippen molar-refractivity contribution in [1.82, 2.24) is 20.2 Å². The van der Waals surface area contributed by atoms with Gasteiger partial charge in [0.15, 0.2) is 0 Å². The summed E-state index contributed by atoms with van der Waals surface area (Å²) in [5.74, 6) is 0.288. The molecule has 0 saturated carbocycles. The van der Waals surface area contributed by atoms with Crippen molar-refractivity contribution in [2.75, 3.05) is 13.1 Å². The molecule has 1 unspecified atom stereocenters. The van der Waals surface area contributed by atoms with E-state index in [4.69, 9.17) is 4.42 Å². The third-order valence-electron chi connectivity index (χ3n) is 5.23. The minimum Gasteiger partial charge on any atom is -0.463 e. The summed E-state index contributed by atoms with van der Waals surface area (Å²) in [6.45, 7) is 2.18. The van der Waals surface area contributed by atoms with Crippen LogP contribution in [0, 0.1) is 0 Å². The van der Waals surface area contributed by atoms with Gasteiger partial charge in [-0.25, -0.2) is 0 Å². The number of furan rings is 1. The number of aromatic amines is 1. The van der Waals surface area contributed by atoms with Crippen molar-refractivity contribution in [3.05, 3.63) is 76.5 Å². The Hall–Kier alpha value is -2.90. The summed E-state index contributed by atoms with van der Waals surface area (Å²) in [5, 5.41) is 3.38. The van der Waals surface area contributed by atoms with Crippen molar-refractivity contribution in [3.8, 4) is 11.5 Å². The highest BCUT2D eigenvalue weighted by atomic mass is 35.5. The predicted molar refractivity (Wildman–Crippen MR) is 117 cm³/mol. The first-order chi connectivity index (χ1) is 14.2. The van der Waals surface area contributed by atoms with E-state index in [9.17, 15) is 9.59 Å². The second-order valence-corrected chi connectivity index (χ2v) is 7.18. The van der Waals surface area contributed by atoms with Crippen LogP contribution in [-0.4, -0.2) is 39.9 Å². The Balaban J connectivity index is 0.00000256. The van der Waals surface area contributed by atoms with Gasteiger partial charge in [-0.1, -0.05) is 6.07 Å². The van der Waals surface area contributed by atoms with E-state index in [2.05, 4.69) is 15.3 Å². The van der Waals surface area contributed by atoms with Crippen LogP contribution in [0.4, 0.5) is 0 Å². The largest absolute Gasteiger partial charge is 0.463 e. The minimum absolute atomic E-state index is 0. The van der Waals surface area contributed by atoms with Gasteiger partial charge >= 0.3 is 0 Å². The van der Waals surface area contributed by atoms with Gasteiger partial charge in [-0.3, -0.25) is 14.6 Å². The van der Waals surface area contributed by atoms with E-state index in [-0.39, 0.29) is 29.9 Å². The van der Waals surface area contributed by atoms with E-state index < -0.39 is 5.56 Å². The fourth-order valence-corrected chi connectivity index (χ4v) is 3.72. The highest BCUT2D eigenvalue weighted by Crippen LogP contribution is 2.20. The molecule has 30 heavy (non-hydrogen) atoms. The lowest BCUT2D eigenvalue weighted by Crippen LogP contribution is -2.42. The van der Waals surface area contributed by atoms with Crippen LogP contribution in [-0.2, 0) is 6.54 Å². The molecule has 4 heterocycles. The van der Waals surface area contributed by atoms with Crippen LogP contribution < -0.4 is 10.9 Å². The molecule has 1 saturated heterocycles. The van der Waals surface area contributed by atoms with Gasteiger partial charge in [-0.15, -0.1) is 12.4 Å². The molecule has 3 aromatic heterocycles. The van der Waals surface area contributed by atoms with Gasteiger partial charge < -0.3 is 19.6 Å². The van der Waals surface area contributed by atoms with Crippen LogP contribution in [0.15, 0.2) is 64.1 Å². The smallest absolute Gasteiger partial charge is 0.261 e. The molecule has 4 rings (SSSR count). The summed E-state index contributed by atoms with van der Waals surface area (Å²) in [7, 11) is 0. The highest BCUT2D eigenvalue weighted by Gasteiger charge is 2.27. The number of H-pyrrole nitrogens is 1. The van der Waals surface area contributed by atoms with Crippen LogP contribution in [0.3, 0.4) is 0 Å². The summed E-state index contributed by atoms with van der Waals surface area (Å²) < 4.78 is 5.33. The maximum atomic E-state index is 13.4. The van der Waals surface area contributed by atoms with E-state index in [0.29, 0.717) is 18.0 Å². The highest BCUT2D eigenvalue weighted by molar-refractivity contribution is 5.94. The molecule has 7 nitrogen and oxygen atoms in total. The lowest BCUT2D eigenvalue weighted by Gasteiger charge is -2.31. The average molecular weight is 429 g/mol. The average Bonchev–Trinajstić information content (AvgIpc) is 3.15. The normalized spacial score (nSPS) is 16.3. The number of amides is 1. The van der Waals surface area contributed by atoms with Gasteiger partial charge in [0.1, 0.15) is 11.3 Å². The molecular formula is C22H25ClN4O3. The number of hydrogen-bond donors (Lipinski definition) is 2. The van der Waals surface area contributed by atoms with Gasteiger partial charge in [0.2, 0.25) is 0 Å². The first-order valence-electron chi connectivity index (χ1n) is 9.91. The molecule has 1 amide bonds. The van der Waals surface area contributed by atoms with Gasteiger partial charge in [-0.2, -0.15) is 0 Å². The van der Waals surface area contributed by atoms with Crippen molar-refractivity contribution < 1.29 is 9.21 Å². The SMILES string of the molecule is Cl.O=C(c1ccc(-c2ccco2)[nH]c1=O)N(Cc1ccccn1)C1CCCNCC1. The molecule has 3 aromatic rings. The second kappa shape index (κ2) is 10.2. The third-order valence-corrected chi connectivity index (χ3v) is 5.23. The quantitative estimate of drug-likeness (QED) is 0.651. The Morgan fingerprint density at radius 1 is 1.13 bits per heavy atom. The van der Waals surface area contributed by atoms with Crippen LogP contribution in [0.2, 0.25) is 0 Å². The zero-order chi connectivity index (χ0) is 20.1. The summed E-state index contributed by atoms with van der Waals surface area (Å²) in [5.41, 5.74) is 1.07. The van der Waals surface area contributed by atoms with Crippen molar-refractivity contribution in [1.29, 1.82) is 0 Å². The summed E-state index contributed by atoms with van der Waals surface area (Å²) in [6, 6.07) is 12.5. The minimum atomic E-state index is -0.415. The molecule has 0 aromatic carbocycles. The van der Waals surface area contributed by atoms with Crippen LogP contribution in [0.1, 0.15) is 35.3 Å². The summed E-state index contributed by atoms with van der Waals surface area (Å²) in [6.07, 6.45) is 6.00. The number of aromatic nitrogens is 2. The number of halogens is 1. The Morgan fingerprint density at radius 3 is 2.77 bits per heavy atom. The fraction of sp³-hybridized carbons (Fsp3) is 0.318. The zero-order valence-electron chi connectivity index (χ0n) is 16.5. The molecular weight excluding hydrogens is 404 g/mol. The van der Waals surface area contributed by atoms with Crippen molar-refractivity contribution in [2.45, 2.75) is 31.8 Å². The van der Waals surface area contributed by atoms with E-state index in [1.54, 1.807) is 41.6 Å². The maximum absolute atomic E-state index is 13.4. The Labute approximate surface area is 180 Å². The molecule has 2 N–H and O–H groups in total. The van der Waals surface area contributed by atoms with Crippen molar-refractivity contribution in [2.24, 2.45) is 0 Å². The Morgan fingerprint density at radius 2 is 2.03 bits per heavy atom. The van der Waals surface area contributed by atoms with Crippen LogP contribution in [0.25, 0.3) is 11.5 Å². The molecule has 1 fully saturated rings. The van der Waals surface area contributed by atoms with E-state index >= 15 is 0 Å². The lowest BCUT2D eigenvalue weighted by atomic mass is 10.1. The number of rotatable bonds is 5. The third kappa shape index (κ3) is 4.98. The monoisotopic (exact) mass is 428 g/mol. The van der Waals surface area contributed by atoms with Crippen LogP contribution in [0.5, 0.6) is 0 Å². The Kier molecular flexibility index (Phi) is 7.43. The fourth-order valence-electron chi connectivity index (χ4n) is 3.72. The summed E-state index contributed by atoms with van der Waals surface area (Å²) in [4.78, 5) is 35.1. The Bertz CT molecular complexity index is 997. The first kappa shape index (κ1) is 21.8. The number of carbonyl (C=O) groups is 1. The number of nitrogens with one attached hydrogen (secondary N) is 2. The van der Waals surface area contributed by atoms with Crippen molar-refractivity contribution in [3.63, 3.8) is 0 Å². The molecule has 158 valence electrons. The first-order valence-corrected chi connectivity index (χ1v) is 9.91. The lowest BCUT2D eigenvalue weighted by molar-refractivity contribution is 0.0640. The standard InChI is InChI=1S/C22H24N4O3.ClH/c27-21-18(8-9-19(25-21)20-7-4-14-29-20)22(28)26(15-16-5-1-2-12-24-16)17-6-3-11-23-13-10-17;/h1-2,4-5,7-9,12,14,17,23H,3,6,10-11,13,15H2,(H,25,27);1H. The molecule has 0 spiro atoms. The molecule has 0 bridgehead atoms. The van der Waals surface area contributed by atoms with Gasteiger partial charge in [0.05, 0.1) is 24.2 Å². The van der Waals surface area contributed by atoms with E-state index in [1.807, 2.05) is 18.2 Å². The molecule has 0 aliphatic carbocycles. The number of nitrogens with zero attached hydrogens (tertiary/aromatic N) is 2. The van der Waals surface area contributed by atoms with E-state index in [0.717, 1.165) is 38.0 Å². The summed E-state index contributed by atoms with van der Waals surface area (Å²) >= 11 is 0. The molecule has 8 heteroatoms. The predicted octanol–water partition coefficient (Wildman–Crippen LogP) is 3.24. The zero-order valence-corrected chi connectivity index (χ0v) is 17.4. The number of hydrogen-bond acceptors (Lipinski definition) is 5. The molecule has 1 aliphatic rings. The van der Waals surface area contributed by atoms with Gasteiger partial charge in [0, 0.05) is 12.2 Å². The molecule has 1 aliphatic heterocycles.